The molecule has 1 saturated carbocycles. The van der Waals surface area contributed by atoms with Gasteiger partial charge in [-0.1, -0.05) is 44.7 Å². The Morgan fingerprint density at radius 1 is 1.09 bits per heavy atom. The maximum absolute atomic E-state index is 14.4. The summed E-state index contributed by atoms with van der Waals surface area (Å²) >= 11 is 0. The molecule has 1 saturated heterocycles. The molecular formula is C34H49N3O8. The highest BCUT2D eigenvalue weighted by Crippen LogP contribution is 2.30. The molecular weight excluding hydrogens is 578 g/mol. The Kier molecular flexibility index (Phi) is 12.0. The van der Waals surface area contributed by atoms with Crippen molar-refractivity contribution in [3.8, 4) is 5.75 Å². The summed E-state index contributed by atoms with van der Waals surface area (Å²) in [4.78, 5) is 68.7. The van der Waals surface area contributed by atoms with E-state index < -0.39 is 47.5 Å². The molecule has 3 amide bonds. The molecule has 0 spiro atoms. The van der Waals surface area contributed by atoms with Crippen LogP contribution in [0.3, 0.4) is 0 Å². The average molecular weight is 628 g/mol. The highest BCUT2D eigenvalue weighted by Gasteiger charge is 2.45. The normalized spacial score (nSPS) is 24.3. The van der Waals surface area contributed by atoms with E-state index in [2.05, 4.69) is 10.6 Å². The van der Waals surface area contributed by atoms with Gasteiger partial charge >= 0.3 is 5.97 Å². The van der Waals surface area contributed by atoms with Crippen molar-refractivity contribution in [1.82, 2.24) is 15.5 Å². The predicted molar refractivity (Wildman–Crippen MR) is 166 cm³/mol. The monoisotopic (exact) mass is 627 g/mol. The van der Waals surface area contributed by atoms with E-state index in [4.69, 9.17) is 14.2 Å². The minimum Gasteiger partial charge on any atom is -0.493 e. The number of amides is 3. The van der Waals surface area contributed by atoms with Crippen molar-refractivity contribution in [3.63, 3.8) is 0 Å². The van der Waals surface area contributed by atoms with E-state index in [9.17, 15) is 24.0 Å². The van der Waals surface area contributed by atoms with Gasteiger partial charge in [0.25, 0.3) is 5.78 Å². The largest absolute Gasteiger partial charge is 0.493 e. The van der Waals surface area contributed by atoms with Gasteiger partial charge in [-0.15, -0.1) is 0 Å². The number of Topliss-reactive ketones (excluding diaryl/α,β-unsaturated/α-hetero) is 1. The number of fused-ring (bicyclic) bond motifs is 4. The third-order valence-electron chi connectivity index (χ3n) is 8.54. The first kappa shape index (κ1) is 34.4. The van der Waals surface area contributed by atoms with Crippen molar-refractivity contribution in [1.29, 1.82) is 0 Å². The van der Waals surface area contributed by atoms with Crippen LogP contribution in [-0.2, 0) is 39.9 Å². The molecule has 11 nitrogen and oxygen atoms in total. The number of carbonyl (C=O) groups is 5. The maximum atomic E-state index is 14.4. The minimum atomic E-state index is -1.09. The highest BCUT2D eigenvalue weighted by molar-refractivity contribution is 6.36. The number of ketones is 1. The smallest absolute Gasteiger partial charge is 0.377 e. The topological polar surface area (TPSA) is 140 Å². The van der Waals surface area contributed by atoms with Crippen LogP contribution in [0, 0.1) is 5.92 Å². The van der Waals surface area contributed by atoms with E-state index in [1.807, 2.05) is 31.2 Å². The van der Waals surface area contributed by atoms with Gasteiger partial charge in [-0.25, -0.2) is 4.79 Å². The van der Waals surface area contributed by atoms with Crippen LogP contribution >= 0.6 is 0 Å². The van der Waals surface area contributed by atoms with Crippen LogP contribution in [-0.4, -0.2) is 84.0 Å². The first-order valence-corrected chi connectivity index (χ1v) is 16.5. The van der Waals surface area contributed by atoms with Crippen LogP contribution < -0.4 is 15.4 Å². The lowest BCUT2D eigenvalue weighted by Crippen LogP contribution is -2.57. The fourth-order valence-electron chi connectivity index (χ4n) is 6.39. The van der Waals surface area contributed by atoms with Crippen LogP contribution in [0.15, 0.2) is 24.3 Å². The standard InChI is InChI=1S/C34H49N3O8/c1-5-11-26(30(39)33(42)45-34(2,3)4)35-31(40)27-20-25-21-37(27)32(41)29(23-13-7-6-8-14-23)36-28(38)19-22-12-9-15-24(18-22)43-16-10-17-44-25/h9,12,15,18,23,25-27,29H,5-8,10-11,13-14,16-17,19-21H2,1-4H3,(H,35,40)(H,36,38)/t25-,26?,27+,29+/m1/s1. The zero-order valence-electron chi connectivity index (χ0n) is 27.1. The second-order valence-electron chi connectivity index (χ2n) is 13.4. The number of nitrogens with one attached hydrogen (secondary N) is 2. The van der Waals surface area contributed by atoms with Crippen LogP contribution in [0.2, 0.25) is 0 Å². The van der Waals surface area contributed by atoms with Crippen molar-refractivity contribution in [2.75, 3.05) is 19.8 Å². The van der Waals surface area contributed by atoms with E-state index >= 15 is 0 Å². The molecule has 1 aliphatic carbocycles. The van der Waals surface area contributed by atoms with Crippen molar-refractivity contribution in [2.45, 2.75) is 122 Å². The number of ether oxygens (including phenoxy) is 3. The molecule has 4 bridgehead atoms. The summed E-state index contributed by atoms with van der Waals surface area (Å²) in [7, 11) is 0. The van der Waals surface area contributed by atoms with E-state index in [1.165, 1.54) is 4.90 Å². The third kappa shape index (κ3) is 9.76. The Labute approximate surface area is 266 Å². The van der Waals surface area contributed by atoms with E-state index in [0.717, 1.165) is 37.7 Å². The van der Waals surface area contributed by atoms with Gasteiger partial charge in [0.15, 0.2) is 0 Å². The molecule has 2 aliphatic heterocycles. The van der Waals surface area contributed by atoms with E-state index in [-0.39, 0.29) is 43.5 Å². The van der Waals surface area contributed by atoms with Crippen LogP contribution in [0.4, 0.5) is 0 Å². The van der Waals surface area contributed by atoms with Crippen molar-refractivity contribution in [3.05, 3.63) is 29.8 Å². The predicted octanol–water partition coefficient (Wildman–Crippen LogP) is 3.26. The summed E-state index contributed by atoms with van der Waals surface area (Å²) in [6.07, 6.45) is 5.88. The summed E-state index contributed by atoms with van der Waals surface area (Å²) in [6.45, 7) is 7.82. The number of nitrogens with zero attached hydrogens (tertiary/aromatic N) is 1. The van der Waals surface area contributed by atoms with Gasteiger partial charge in [0.2, 0.25) is 17.7 Å². The first-order valence-electron chi connectivity index (χ1n) is 16.5. The molecule has 4 rings (SSSR count). The van der Waals surface area contributed by atoms with Crippen molar-refractivity contribution < 1.29 is 38.2 Å². The van der Waals surface area contributed by atoms with Gasteiger partial charge in [0.1, 0.15) is 23.4 Å². The van der Waals surface area contributed by atoms with Gasteiger partial charge in [-0.05, 0) is 63.6 Å². The third-order valence-corrected chi connectivity index (χ3v) is 8.54. The summed E-state index contributed by atoms with van der Waals surface area (Å²) in [6, 6.07) is 4.56. The Hall–Kier alpha value is -3.47. The van der Waals surface area contributed by atoms with Gasteiger partial charge in [0, 0.05) is 19.4 Å². The van der Waals surface area contributed by atoms with Gasteiger partial charge < -0.3 is 29.7 Å². The van der Waals surface area contributed by atoms with Crippen molar-refractivity contribution >= 4 is 29.5 Å². The fourth-order valence-corrected chi connectivity index (χ4v) is 6.39. The van der Waals surface area contributed by atoms with Crippen LogP contribution in [0.1, 0.15) is 91.0 Å². The van der Waals surface area contributed by atoms with Gasteiger partial charge in [0.05, 0.1) is 31.8 Å². The summed E-state index contributed by atoms with van der Waals surface area (Å²) in [5.74, 6) is -2.36. The molecule has 4 atom stereocenters. The van der Waals surface area contributed by atoms with E-state index in [1.54, 1.807) is 20.8 Å². The molecule has 11 heteroatoms. The quantitative estimate of drug-likeness (QED) is 0.347. The number of benzene rings is 1. The molecule has 1 aromatic carbocycles. The van der Waals surface area contributed by atoms with Crippen molar-refractivity contribution in [2.24, 2.45) is 5.92 Å². The fraction of sp³-hybridized carbons (Fsp3) is 0.676. The SMILES string of the molecule is CCCC(NC(=O)[C@@H]1C[C@@H]2CN1C(=O)[C@H](C1CCCCC1)NC(=O)Cc1cccc(c1)OCCCO2)C(=O)C(=O)OC(C)(C)C. The van der Waals surface area contributed by atoms with E-state index in [0.29, 0.717) is 31.8 Å². The molecule has 0 radical (unpaired) electrons. The zero-order valence-corrected chi connectivity index (χ0v) is 27.1. The Morgan fingerprint density at radius 2 is 1.84 bits per heavy atom. The number of carbonyl (C=O) groups excluding carboxylic acids is 5. The Bertz CT molecular complexity index is 1220. The summed E-state index contributed by atoms with van der Waals surface area (Å²) in [5, 5.41) is 5.78. The molecule has 0 aromatic heterocycles. The van der Waals surface area contributed by atoms with Crippen LogP contribution in [0.25, 0.3) is 0 Å². The number of esters is 1. The average Bonchev–Trinajstić information content (AvgIpc) is 3.42. The lowest BCUT2D eigenvalue weighted by molar-refractivity contribution is -0.163. The second-order valence-corrected chi connectivity index (χ2v) is 13.4. The number of hydrogen-bond acceptors (Lipinski definition) is 8. The molecule has 2 heterocycles. The molecule has 2 fully saturated rings. The molecule has 1 aromatic rings. The van der Waals surface area contributed by atoms with Gasteiger partial charge in [-0.2, -0.15) is 0 Å². The zero-order chi connectivity index (χ0) is 32.6. The number of hydrogen-bond donors (Lipinski definition) is 2. The number of rotatable bonds is 7. The summed E-state index contributed by atoms with van der Waals surface area (Å²) in [5.41, 5.74) is -0.0866. The molecule has 2 N–H and O–H groups in total. The van der Waals surface area contributed by atoms with Crippen LogP contribution in [0.5, 0.6) is 5.75 Å². The minimum absolute atomic E-state index is 0.0611. The molecule has 1 unspecified atom stereocenters. The van der Waals surface area contributed by atoms with Gasteiger partial charge in [-0.3, -0.25) is 19.2 Å². The lowest BCUT2D eigenvalue weighted by atomic mass is 9.83. The Morgan fingerprint density at radius 3 is 2.56 bits per heavy atom. The lowest BCUT2D eigenvalue weighted by Gasteiger charge is -2.35. The first-order chi connectivity index (χ1) is 21.4. The molecule has 248 valence electrons. The maximum Gasteiger partial charge on any atom is 0.377 e. The molecule has 3 aliphatic rings. The highest BCUT2D eigenvalue weighted by atomic mass is 16.6. The second kappa shape index (κ2) is 15.7. The summed E-state index contributed by atoms with van der Waals surface area (Å²) < 4.78 is 17.3. The molecule has 45 heavy (non-hydrogen) atoms. The Balaban J connectivity index is 1.59.